The number of hydrogen-bond donors (Lipinski definition) is 2. The second-order valence-electron chi connectivity index (χ2n) is 5.31. The van der Waals surface area contributed by atoms with Gasteiger partial charge in [-0.3, -0.25) is 9.89 Å². The van der Waals surface area contributed by atoms with Crippen LogP contribution in [-0.2, 0) is 6.54 Å². The maximum absolute atomic E-state index is 5.25. The lowest BCUT2D eigenvalue weighted by molar-refractivity contribution is 0.198. The Morgan fingerprint density at radius 3 is 2.59 bits per heavy atom. The third kappa shape index (κ3) is 6.24. The lowest BCUT2D eigenvalue weighted by Crippen LogP contribution is -2.48. The summed E-state index contributed by atoms with van der Waals surface area (Å²) < 4.78 is 0. The van der Waals surface area contributed by atoms with Crippen molar-refractivity contribution >= 4 is 29.9 Å². The number of terminal acetylenes is 1. The standard InChI is InChI=1S/C17H24N4.HI/c1-3-11-19-17(18-2)20-16-9-12-21(13-10-16)14-15-7-5-4-6-8-15;/h1,4-8,16H,9-14H2,2H3,(H2,18,19,20);1H. The third-order valence-electron chi connectivity index (χ3n) is 3.76. The Kier molecular flexibility index (Phi) is 8.94. The average molecular weight is 412 g/mol. The van der Waals surface area contributed by atoms with E-state index in [1.165, 1.54) is 5.56 Å². The van der Waals surface area contributed by atoms with E-state index in [-0.39, 0.29) is 24.0 Å². The van der Waals surface area contributed by atoms with Gasteiger partial charge in [0.05, 0.1) is 6.54 Å². The van der Waals surface area contributed by atoms with Crippen molar-refractivity contribution in [3.63, 3.8) is 0 Å². The first-order valence-electron chi connectivity index (χ1n) is 7.48. The van der Waals surface area contributed by atoms with Crippen molar-refractivity contribution in [1.29, 1.82) is 0 Å². The molecule has 4 nitrogen and oxygen atoms in total. The highest BCUT2D eigenvalue weighted by atomic mass is 127. The van der Waals surface area contributed by atoms with Gasteiger partial charge < -0.3 is 10.6 Å². The molecule has 0 spiro atoms. The van der Waals surface area contributed by atoms with Gasteiger partial charge in [0, 0.05) is 32.7 Å². The zero-order valence-electron chi connectivity index (χ0n) is 13.1. The van der Waals surface area contributed by atoms with E-state index in [9.17, 15) is 0 Å². The normalized spacial score (nSPS) is 16.5. The molecule has 2 rings (SSSR count). The molecule has 22 heavy (non-hydrogen) atoms. The van der Waals surface area contributed by atoms with E-state index in [1.807, 2.05) is 0 Å². The topological polar surface area (TPSA) is 39.7 Å². The number of benzene rings is 1. The lowest BCUT2D eigenvalue weighted by atomic mass is 10.0. The molecule has 0 amide bonds. The number of piperidine rings is 1. The Bertz CT molecular complexity index is 487. The fraction of sp³-hybridized carbons (Fsp3) is 0.471. The van der Waals surface area contributed by atoms with Gasteiger partial charge in [0.25, 0.3) is 0 Å². The summed E-state index contributed by atoms with van der Waals surface area (Å²) in [5.41, 5.74) is 1.38. The second kappa shape index (κ2) is 10.5. The maximum atomic E-state index is 5.25. The molecule has 5 heteroatoms. The molecular weight excluding hydrogens is 387 g/mol. The molecular formula is C17H25IN4. The van der Waals surface area contributed by atoms with Crippen LogP contribution >= 0.6 is 24.0 Å². The van der Waals surface area contributed by atoms with Crippen LogP contribution in [0.2, 0.25) is 0 Å². The van der Waals surface area contributed by atoms with Crippen LogP contribution in [0.1, 0.15) is 18.4 Å². The Hall–Kier alpha value is -1.26. The zero-order chi connectivity index (χ0) is 14.9. The monoisotopic (exact) mass is 412 g/mol. The fourth-order valence-corrected chi connectivity index (χ4v) is 2.60. The minimum Gasteiger partial charge on any atom is -0.354 e. The van der Waals surface area contributed by atoms with E-state index in [0.717, 1.165) is 38.4 Å². The number of nitrogens with zero attached hydrogens (tertiary/aromatic N) is 2. The molecule has 0 saturated carbocycles. The lowest BCUT2D eigenvalue weighted by Gasteiger charge is -2.33. The number of likely N-dealkylation sites (tertiary alicyclic amines) is 1. The number of halogens is 1. The second-order valence-corrected chi connectivity index (χ2v) is 5.31. The highest BCUT2D eigenvalue weighted by Gasteiger charge is 2.19. The summed E-state index contributed by atoms with van der Waals surface area (Å²) in [5, 5.41) is 6.55. The molecule has 0 atom stereocenters. The molecule has 120 valence electrons. The van der Waals surface area contributed by atoms with Gasteiger partial charge in [-0.05, 0) is 18.4 Å². The van der Waals surface area contributed by atoms with Crippen LogP contribution in [0.5, 0.6) is 0 Å². The van der Waals surface area contributed by atoms with Gasteiger partial charge in [-0.1, -0.05) is 36.3 Å². The molecule has 1 heterocycles. The van der Waals surface area contributed by atoms with Crippen LogP contribution in [0, 0.1) is 12.3 Å². The van der Waals surface area contributed by atoms with Crippen molar-refractivity contribution in [1.82, 2.24) is 15.5 Å². The van der Waals surface area contributed by atoms with Crippen molar-refractivity contribution in [3.05, 3.63) is 35.9 Å². The predicted octanol–water partition coefficient (Wildman–Crippen LogP) is 2.07. The average Bonchev–Trinajstić information content (AvgIpc) is 2.54. The van der Waals surface area contributed by atoms with E-state index >= 15 is 0 Å². The predicted molar refractivity (Wildman–Crippen MR) is 103 cm³/mol. The van der Waals surface area contributed by atoms with Gasteiger partial charge >= 0.3 is 0 Å². The molecule has 0 bridgehead atoms. The van der Waals surface area contributed by atoms with Gasteiger partial charge in [0.15, 0.2) is 5.96 Å². The highest BCUT2D eigenvalue weighted by molar-refractivity contribution is 14.0. The minimum absolute atomic E-state index is 0. The first-order valence-corrected chi connectivity index (χ1v) is 7.48. The van der Waals surface area contributed by atoms with Crippen LogP contribution in [0.15, 0.2) is 35.3 Å². The quantitative estimate of drug-likeness (QED) is 0.344. The van der Waals surface area contributed by atoms with Gasteiger partial charge in [-0.15, -0.1) is 30.4 Å². The van der Waals surface area contributed by atoms with Crippen molar-refractivity contribution in [2.75, 3.05) is 26.7 Å². The number of aliphatic imine (C=N–C) groups is 1. The smallest absolute Gasteiger partial charge is 0.191 e. The Labute approximate surface area is 150 Å². The molecule has 1 aliphatic heterocycles. The first kappa shape index (κ1) is 18.8. The number of nitrogens with one attached hydrogen (secondary N) is 2. The minimum atomic E-state index is 0. The zero-order valence-corrected chi connectivity index (χ0v) is 15.4. The summed E-state index contributed by atoms with van der Waals surface area (Å²) >= 11 is 0. The van der Waals surface area contributed by atoms with Crippen LogP contribution in [0.3, 0.4) is 0 Å². The summed E-state index contributed by atoms with van der Waals surface area (Å²) in [6.45, 7) is 3.77. The van der Waals surface area contributed by atoms with E-state index in [4.69, 9.17) is 6.42 Å². The largest absolute Gasteiger partial charge is 0.354 e. The van der Waals surface area contributed by atoms with Crippen molar-refractivity contribution in [2.45, 2.75) is 25.4 Å². The van der Waals surface area contributed by atoms with Gasteiger partial charge in [-0.2, -0.15) is 0 Å². The number of guanidine groups is 1. The third-order valence-corrected chi connectivity index (χ3v) is 3.76. The highest BCUT2D eigenvalue weighted by Crippen LogP contribution is 2.13. The fourth-order valence-electron chi connectivity index (χ4n) is 2.60. The molecule has 1 aromatic carbocycles. The van der Waals surface area contributed by atoms with Crippen LogP contribution in [0.25, 0.3) is 0 Å². The Balaban J connectivity index is 0.00000242. The van der Waals surface area contributed by atoms with Crippen molar-refractivity contribution < 1.29 is 0 Å². The molecule has 1 aromatic rings. The van der Waals surface area contributed by atoms with Crippen LogP contribution < -0.4 is 10.6 Å². The van der Waals surface area contributed by atoms with E-state index in [2.05, 4.69) is 56.8 Å². The molecule has 1 aliphatic rings. The van der Waals surface area contributed by atoms with Gasteiger partial charge in [0.1, 0.15) is 0 Å². The van der Waals surface area contributed by atoms with E-state index in [0.29, 0.717) is 12.6 Å². The van der Waals surface area contributed by atoms with Crippen molar-refractivity contribution in [2.24, 2.45) is 4.99 Å². The Morgan fingerprint density at radius 1 is 1.32 bits per heavy atom. The summed E-state index contributed by atoms with van der Waals surface area (Å²) in [5.74, 6) is 3.36. The number of rotatable bonds is 4. The summed E-state index contributed by atoms with van der Waals surface area (Å²) in [6, 6.07) is 11.1. The molecule has 0 unspecified atom stereocenters. The van der Waals surface area contributed by atoms with Gasteiger partial charge in [0.2, 0.25) is 0 Å². The van der Waals surface area contributed by atoms with Gasteiger partial charge in [-0.25, -0.2) is 0 Å². The van der Waals surface area contributed by atoms with E-state index < -0.39 is 0 Å². The van der Waals surface area contributed by atoms with Crippen LogP contribution in [-0.4, -0.2) is 43.6 Å². The molecule has 1 fully saturated rings. The molecule has 1 saturated heterocycles. The molecule has 0 aliphatic carbocycles. The maximum Gasteiger partial charge on any atom is 0.191 e. The molecule has 0 aromatic heterocycles. The molecule has 2 N–H and O–H groups in total. The molecule has 0 radical (unpaired) electrons. The van der Waals surface area contributed by atoms with Crippen molar-refractivity contribution in [3.8, 4) is 12.3 Å². The van der Waals surface area contributed by atoms with Crippen LogP contribution in [0.4, 0.5) is 0 Å². The SMILES string of the molecule is C#CCNC(=NC)NC1CCN(Cc2ccccc2)CC1.I. The summed E-state index contributed by atoms with van der Waals surface area (Å²) in [4.78, 5) is 6.70. The summed E-state index contributed by atoms with van der Waals surface area (Å²) in [7, 11) is 1.77. The number of hydrogen-bond acceptors (Lipinski definition) is 2. The van der Waals surface area contributed by atoms with E-state index in [1.54, 1.807) is 7.05 Å². The summed E-state index contributed by atoms with van der Waals surface area (Å²) in [6.07, 6.45) is 7.51. The first-order chi connectivity index (χ1) is 10.3. The Morgan fingerprint density at radius 2 is 2.00 bits per heavy atom.